The second-order valence-corrected chi connectivity index (χ2v) is 5.02. The standard InChI is InChI=1S/C15H12ClFN2O/c16-11-5-4-10(13(17)8-11)7-15(20)12-9-18-19-6-2-1-3-14(12)19/h1-6,8-9,15,20H,7H2. The molecule has 0 aliphatic rings. The molecule has 0 fully saturated rings. The van der Waals surface area contributed by atoms with Gasteiger partial charge in [0.05, 0.1) is 17.8 Å². The summed E-state index contributed by atoms with van der Waals surface area (Å²) in [6, 6.07) is 10.0. The smallest absolute Gasteiger partial charge is 0.127 e. The summed E-state index contributed by atoms with van der Waals surface area (Å²) >= 11 is 5.72. The van der Waals surface area contributed by atoms with E-state index in [1.807, 2.05) is 18.2 Å². The van der Waals surface area contributed by atoms with E-state index in [2.05, 4.69) is 5.10 Å². The zero-order valence-corrected chi connectivity index (χ0v) is 11.3. The second kappa shape index (κ2) is 5.23. The molecule has 1 atom stereocenters. The maximum absolute atomic E-state index is 13.7. The lowest BCUT2D eigenvalue weighted by Crippen LogP contribution is -2.03. The first kappa shape index (κ1) is 13.1. The van der Waals surface area contributed by atoms with E-state index >= 15 is 0 Å². The van der Waals surface area contributed by atoms with E-state index in [-0.39, 0.29) is 6.42 Å². The van der Waals surface area contributed by atoms with E-state index in [0.29, 0.717) is 16.1 Å². The van der Waals surface area contributed by atoms with Crippen molar-refractivity contribution in [2.75, 3.05) is 0 Å². The molecule has 0 radical (unpaired) electrons. The van der Waals surface area contributed by atoms with Gasteiger partial charge in [0.15, 0.2) is 0 Å². The van der Waals surface area contributed by atoms with Crippen molar-refractivity contribution in [2.24, 2.45) is 0 Å². The maximum Gasteiger partial charge on any atom is 0.127 e. The predicted molar refractivity (Wildman–Crippen MR) is 75.3 cm³/mol. The van der Waals surface area contributed by atoms with Crippen LogP contribution in [0.3, 0.4) is 0 Å². The largest absolute Gasteiger partial charge is 0.388 e. The summed E-state index contributed by atoms with van der Waals surface area (Å²) < 4.78 is 15.4. The summed E-state index contributed by atoms with van der Waals surface area (Å²) in [4.78, 5) is 0. The fraction of sp³-hybridized carbons (Fsp3) is 0.133. The van der Waals surface area contributed by atoms with Crippen LogP contribution >= 0.6 is 11.6 Å². The number of rotatable bonds is 3. The van der Waals surface area contributed by atoms with Crippen molar-refractivity contribution in [3.63, 3.8) is 0 Å². The van der Waals surface area contributed by atoms with Crippen LogP contribution in [0.5, 0.6) is 0 Å². The van der Waals surface area contributed by atoms with Gasteiger partial charge in [-0.15, -0.1) is 0 Å². The van der Waals surface area contributed by atoms with Gasteiger partial charge in [-0.3, -0.25) is 0 Å². The van der Waals surface area contributed by atoms with Crippen molar-refractivity contribution >= 4 is 17.1 Å². The number of aliphatic hydroxyl groups is 1. The summed E-state index contributed by atoms with van der Waals surface area (Å²) in [5.74, 6) is -0.409. The maximum atomic E-state index is 13.7. The molecule has 3 nitrogen and oxygen atoms in total. The quantitative estimate of drug-likeness (QED) is 0.803. The number of benzene rings is 1. The van der Waals surface area contributed by atoms with Gasteiger partial charge in [0.1, 0.15) is 5.82 Å². The Morgan fingerprint density at radius 2 is 2.15 bits per heavy atom. The Hall–Kier alpha value is -1.91. The van der Waals surface area contributed by atoms with Crippen LogP contribution in [0.2, 0.25) is 5.02 Å². The number of aromatic nitrogens is 2. The van der Waals surface area contributed by atoms with Gasteiger partial charge in [-0.2, -0.15) is 5.10 Å². The third kappa shape index (κ3) is 2.40. The third-order valence-electron chi connectivity index (χ3n) is 3.24. The average molecular weight is 291 g/mol. The van der Waals surface area contributed by atoms with E-state index in [0.717, 1.165) is 5.52 Å². The van der Waals surface area contributed by atoms with Crippen molar-refractivity contribution < 1.29 is 9.50 Å². The van der Waals surface area contributed by atoms with Gasteiger partial charge >= 0.3 is 0 Å². The van der Waals surface area contributed by atoms with E-state index in [4.69, 9.17) is 11.6 Å². The highest BCUT2D eigenvalue weighted by Gasteiger charge is 2.16. The molecular weight excluding hydrogens is 279 g/mol. The Balaban J connectivity index is 1.91. The zero-order chi connectivity index (χ0) is 14.1. The lowest BCUT2D eigenvalue weighted by atomic mass is 10.0. The van der Waals surface area contributed by atoms with Crippen LogP contribution in [0, 0.1) is 5.82 Å². The highest BCUT2D eigenvalue weighted by Crippen LogP contribution is 2.24. The number of hydrogen-bond acceptors (Lipinski definition) is 2. The first-order chi connectivity index (χ1) is 9.65. The van der Waals surface area contributed by atoms with Gasteiger partial charge in [0.25, 0.3) is 0 Å². The Morgan fingerprint density at radius 3 is 2.95 bits per heavy atom. The van der Waals surface area contributed by atoms with E-state index in [1.54, 1.807) is 29.0 Å². The predicted octanol–water partition coefficient (Wildman–Crippen LogP) is 3.40. The molecule has 0 amide bonds. The third-order valence-corrected chi connectivity index (χ3v) is 3.48. The normalized spacial score (nSPS) is 12.8. The van der Waals surface area contributed by atoms with Crippen LogP contribution in [0.15, 0.2) is 48.8 Å². The molecule has 1 unspecified atom stereocenters. The number of pyridine rings is 1. The number of halogens is 2. The van der Waals surface area contributed by atoms with Crippen molar-refractivity contribution in [3.8, 4) is 0 Å². The molecule has 2 aromatic heterocycles. The van der Waals surface area contributed by atoms with Crippen LogP contribution in [-0.4, -0.2) is 14.7 Å². The highest BCUT2D eigenvalue weighted by molar-refractivity contribution is 6.30. The summed E-state index contributed by atoms with van der Waals surface area (Å²) in [6.07, 6.45) is 2.77. The molecule has 0 saturated carbocycles. The molecule has 1 aromatic carbocycles. The van der Waals surface area contributed by atoms with Gasteiger partial charge in [0, 0.05) is 23.2 Å². The number of nitrogens with zero attached hydrogens (tertiary/aromatic N) is 2. The van der Waals surface area contributed by atoms with Crippen molar-refractivity contribution in [3.05, 3.63) is 70.8 Å². The SMILES string of the molecule is OC(Cc1ccc(Cl)cc1F)c1cnn2ccccc12. The van der Waals surface area contributed by atoms with Crippen LogP contribution in [0.25, 0.3) is 5.52 Å². The zero-order valence-electron chi connectivity index (χ0n) is 10.5. The number of fused-ring (bicyclic) bond motifs is 1. The topological polar surface area (TPSA) is 37.5 Å². The molecule has 3 aromatic rings. The van der Waals surface area contributed by atoms with Crippen molar-refractivity contribution in [1.82, 2.24) is 9.61 Å². The molecule has 0 spiro atoms. The van der Waals surface area contributed by atoms with Gasteiger partial charge in [-0.05, 0) is 29.8 Å². The van der Waals surface area contributed by atoms with Crippen molar-refractivity contribution in [1.29, 1.82) is 0 Å². The molecule has 0 bridgehead atoms. The summed E-state index contributed by atoms with van der Waals surface area (Å²) in [5.41, 5.74) is 1.92. The summed E-state index contributed by atoms with van der Waals surface area (Å²) in [5, 5.41) is 14.8. The van der Waals surface area contributed by atoms with Crippen LogP contribution in [0.1, 0.15) is 17.2 Å². The lowest BCUT2D eigenvalue weighted by molar-refractivity contribution is 0.178. The van der Waals surface area contributed by atoms with Gasteiger partial charge < -0.3 is 5.11 Å². The highest BCUT2D eigenvalue weighted by atomic mass is 35.5. The molecule has 0 aliphatic heterocycles. The molecule has 2 heterocycles. The van der Waals surface area contributed by atoms with Crippen LogP contribution in [-0.2, 0) is 6.42 Å². The Morgan fingerprint density at radius 1 is 1.30 bits per heavy atom. The second-order valence-electron chi connectivity index (χ2n) is 4.59. The Bertz CT molecular complexity index is 756. The molecule has 102 valence electrons. The van der Waals surface area contributed by atoms with Gasteiger partial charge in [0.2, 0.25) is 0 Å². The van der Waals surface area contributed by atoms with E-state index in [1.165, 1.54) is 6.07 Å². The molecule has 5 heteroatoms. The number of aliphatic hydroxyl groups excluding tert-OH is 1. The molecule has 1 N–H and O–H groups in total. The minimum absolute atomic E-state index is 0.180. The average Bonchev–Trinajstić information content (AvgIpc) is 2.86. The molecule has 0 saturated heterocycles. The van der Waals surface area contributed by atoms with Crippen LogP contribution < -0.4 is 0 Å². The minimum Gasteiger partial charge on any atom is -0.388 e. The number of hydrogen-bond donors (Lipinski definition) is 1. The molecular formula is C15H12ClFN2O. The first-order valence-electron chi connectivity index (χ1n) is 6.19. The van der Waals surface area contributed by atoms with E-state index < -0.39 is 11.9 Å². The molecule has 3 rings (SSSR count). The van der Waals surface area contributed by atoms with Gasteiger partial charge in [-0.25, -0.2) is 8.91 Å². The fourth-order valence-electron chi connectivity index (χ4n) is 2.22. The van der Waals surface area contributed by atoms with Crippen molar-refractivity contribution in [2.45, 2.75) is 12.5 Å². The fourth-order valence-corrected chi connectivity index (χ4v) is 2.38. The van der Waals surface area contributed by atoms with Crippen LogP contribution in [0.4, 0.5) is 4.39 Å². The minimum atomic E-state index is -0.814. The lowest BCUT2D eigenvalue weighted by Gasteiger charge is -2.10. The summed E-state index contributed by atoms with van der Waals surface area (Å²) in [6.45, 7) is 0. The monoisotopic (exact) mass is 290 g/mol. The molecule has 20 heavy (non-hydrogen) atoms. The Kier molecular flexibility index (Phi) is 3.42. The first-order valence-corrected chi connectivity index (χ1v) is 6.57. The Labute approximate surface area is 120 Å². The van der Waals surface area contributed by atoms with E-state index in [9.17, 15) is 9.50 Å². The molecule has 0 aliphatic carbocycles. The summed E-state index contributed by atoms with van der Waals surface area (Å²) in [7, 11) is 0. The van der Waals surface area contributed by atoms with Gasteiger partial charge in [-0.1, -0.05) is 23.7 Å².